The summed E-state index contributed by atoms with van der Waals surface area (Å²) in [4.78, 5) is 0. The number of hydrogen-bond acceptors (Lipinski definition) is 2. The lowest BCUT2D eigenvalue weighted by Crippen LogP contribution is -2.29. The molecule has 15 heavy (non-hydrogen) atoms. The number of hydrogen-bond donors (Lipinski definition) is 2. The Morgan fingerprint density at radius 3 is 2.60 bits per heavy atom. The summed E-state index contributed by atoms with van der Waals surface area (Å²) in [7, 11) is 0. The van der Waals surface area contributed by atoms with Crippen molar-refractivity contribution in [3.8, 4) is 0 Å². The molecule has 2 nitrogen and oxygen atoms in total. The molecule has 0 spiro atoms. The van der Waals surface area contributed by atoms with Gasteiger partial charge in [0.25, 0.3) is 0 Å². The predicted molar refractivity (Wildman–Crippen MR) is 60.4 cm³/mol. The first-order valence-corrected chi connectivity index (χ1v) is 5.20. The Hall–Kier alpha value is -1.09. The van der Waals surface area contributed by atoms with E-state index < -0.39 is 0 Å². The van der Waals surface area contributed by atoms with Gasteiger partial charge in [0.2, 0.25) is 0 Å². The van der Waals surface area contributed by atoms with E-state index >= 15 is 0 Å². The number of nitrogens with one attached hydrogen (secondary N) is 1. The third kappa shape index (κ3) is 3.20. The molecule has 0 amide bonds. The van der Waals surface area contributed by atoms with E-state index in [4.69, 9.17) is 0 Å². The van der Waals surface area contributed by atoms with Gasteiger partial charge in [0.05, 0.1) is 12.3 Å². The number of aliphatic hydroxyl groups is 1. The third-order valence-corrected chi connectivity index (χ3v) is 2.81. The van der Waals surface area contributed by atoms with Crippen LogP contribution >= 0.6 is 0 Å². The second kappa shape index (κ2) is 5.12. The van der Waals surface area contributed by atoms with Crippen LogP contribution < -0.4 is 5.32 Å². The van der Waals surface area contributed by atoms with Crippen molar-refractivity contribution < 1.29 is 9.50 Å². The zero-order valence-electron chi connectivity index (χ0n) is 9.26. The SMILES string of the molecule is CCC(C)(CO)CNc1ccccc1F. The lowest BCUT2D eigenvalue weighted by molar-refractivity contribution is 0.149. The molecule has 1 aromatic rings. The van der Waals surface area contributed by atoms with Gasteiger partial charge in [-0.1, -0.05) is 26.0 Å². The Morgan fingerprint density at radius 1 is 1.40 bits per heavy atom. The van der Waals surface area contributed by atoms with Crippen LogP contribution in [0.1, 0.15) is 20.3 Å². The normalized spacial score (nSPS) is 14.7. The molecule has 3 heteroatoms. The Labute approximate surface area is 90.1 Å². The fourth-order valence-electron chi connectivity index (χ4n) is 1.21. The van der Waals surface area contributed by atoms with Crippen LogP contribution in [-0.2, 0) is 0 Å². The number of anilines is 1. The summed E-state index contributed by atoms with van der Waals surface area (Å²) < 4.78 is 13.2. The summed E-state index contributed by atoms with van der Waals surface area (Å²) in [5.41, 5.74) is 0.299. The van der Waals surface area contributed by atoms with Gasteiger partial charge in [-0.15, -0.1) is 0 Å². The third-order valence-electron chi connectivity index (χ3n) is 2.81. The zero-order valence-corrected chi connectivity index (χ0v) is 9.26. The number of benzene rings is 1. The average molecular weight is 211 g/mol. The smallest absolute Gasteiger partial charge is 0.146 e. The molecule has 0 aromatic heterocycles. The molecule has 1 rings (SSSR count). The molecule has 2 N–H and O–H groups in total. The van der Waals surface area contributed by atoms with Crippen molar-refractivity contribution in [1.29, 1.82) is 0 Å². The van der Waals surface area contributed by atoms with Crippen LogP contribution in [0.15, 0.2) is 24.3 Å². The summed E-state index contributed by atoms with van der Waals surface area (Å²) >= 11 is 0. The highest BCUT2D eigenvalue weighted by Gasteiger charge is 2.20. The minimum absolute atomic E-state index is 0.102. The fourth-order valence-corrected chi connectivity index (χ4v) is 1.21. The highest BCUT2D eigenvalue weighted by Crippen LogP contribution is 2.22. The van der Waals surface area contributed by atoms with Gasteiger partial charge in [-0.05, 0) is 18.6 Å². The maximum atomic E-state index is 13.2. The van der Waals surface area contributed by atoms with Crippen molar-refractivity contribution in [2.75, 3.05) is 18.5 Å². The lowest BCUT2D eigenvalue weighted by atomic mass is 9.88. The fraction of sp³-hybridized carbons (Fsp3) is 0.500. The first kappa shape index (κ1) is 12.0. The van der Waals surface area contributed by atoms with Crippen LogP contribution in [-0.4, -0.2) is 18.3 Å². The minimum atomic E-state index is -0.256. The molecule has 84 valence electrons. The Kier molecular flexibility index (Phi) is 4.09. The van der Waals surface area contributed by atoms with E-state index in [9.17, 15) is 9.50 Å². The molecule has 0 saturated heterocycles. The molecule has 0 bridgehead atoms. The number of para-hydroxylation sites is 1. The minimum Gasteiger partial charge on any atom is -0.396 e. The molecule has 1 atom stereocenters. The lowest BCUT2D eigenvalue weighted by Gasteiger charge is -2.26. The van der Waals surface area contributed by atoms with E-state index in [1.165, 1.54) is 6.07 Å². The second-order valence-electron chi connectivity index (χ2n) is 4.16. The molecular weight excluding hydrogens is 193 g/mol. The molecule has 0 saturated carbocycles. The van der Waals surface area contributed by atoms with Crippen molar-refractivity contribution >= 4 is 5.69 Å². The zero-order chi connectivity index (χ0) is 11.3. The van der Waals surface area contributed by atoms with Gasteiger partial charge in [0.15, 0.2) is 0 Å². The van der Waals surface area contributed by atoms with Crippen LogP contribution in [0.4, 0.5) is 10.1 Å². The van der Waals surface area contributed by atoms with Gasteiger partial charge in [-0.25, -0.2) is 4.39 Å². The van der Waals surface area contributed by atoms with Crippen LogP contribution in [0.3, 0.4) is 0 Å². The van der Waals surface area contributed by atoms with Crippen molar-refractivity contribution in [2.45, 2.75) is 20.3 Å². The van der Waals surface area contributed by atoms with Crippen molar-refractivity contribution in [2.24, 2.45) is 5.41 Å². The molecule has 0 heterocycles. The van der Waals surface area contributed by atoms with Gasteiger partial charge in [-0.2, -0.15) is 0 Å². The molecule has 1 aromatic carbocycles. The monoisotopic (exact) mass is 211 g/mol. The van der Waals surface area contributed by atoms with Crippen LogP contribution in [0.25, 0.3) is 0 Å². The number of halogens is 1. The first-order chi connectivity index (χ1) is 7.11. The maximum Gasteiger partial charge on any atom is 0.146 e. The molecule has 0 radical (unpaired) electrons. The molecule has 0 fully saturated rings. The quantitative estimate of drug-likeness (QED) is 0.784. The highest BCUT2D eigenvalue weighted by atomic mass is 19.1. The highest BCUT2D eigenvalue weighted by molar-refractivity contribution is 5.44. The molecule has 0 aliphatic rings. The number of aliphatic hydroxyl groups excluding tert-OH is 1. The Balaban J connectivity index is 2.61. The number of rotatable bonds is 5. The van der Waals surface area contributed by atoms with E-state index in [1.807, 2.05) is 13.8 Å². The molecular formula is C12H18FNO. The van der Waals surface area contributed by atoms with Crippen molar-refractivity contribution in [3.63, 3.8) is 0 Å². The molecule has 0 aliphatic heterocycles. The summed E-state index contributed by atoms with van der Waals surface area (Å²) in [5.74, 6) is -0.256. The maximum absolute atomic E-state index is 13.2. The van der Waals surface area contributed by atoms with Crippen LogP contribution in [0.5, 0.6) is 0 Å². The van der Waals surface area contributed by atoms with E-state index in [1.54, 1.807) is 18.2 Å². The Morgan fingerprint density at radius 2 is 2.07 bits per heavy atom. The van der Waals surface area contributed by atoms with Crippen molar-refractivity contribution in [1.82, 2.24) is 0 Å². The second-order valence-corrected chi connectivity index (χ2v) is 4.16. The summed E-state index contributed by atoms with van der Waals surface area (Å²) in [6.45, 7) is 4.66. The first-order valence-electron chi connectivity index (χ1n) is 5.20. The van der Waals surface area contributed by atoms with Gasteiger partial charge in [0, 0.05) is 12.0 Å². The van der Waals surface area contributed by atoms with Gasteiger partial charge in [0.1, 0.15) is 5.82 Å². The predicted octanol–water partition coefficient (Wildman–Crippen LogP) is 2.65. The van der Waals surface area contributed by atoms with E-state index in [2.05, 4.69) is 5.32 Å². The van der Waals surface area contributed by atoms with Crippen LogP contribution in [0, 0.1) is 11.2 Å². The molecule has 1 unspecified atom stereocenters. The van der Waals surface area contributed by atoms with E-state index in [-0.39, 0.29) is 17.8 Å². The van der Waals surface area contributed by atoms with E-state index in [0.717, 1.165) is 6.42 Å². The van der Waals surface area contributed by atoms with Crippen LogP contribution in [0.2, 0.25) is 0 Å². The van der Waals surface area contributed by atoms with E-state index in [0.29, 0.717) is 12.2 Å². The average Bonchev–Trinajstić information content (AvgIpc) is 2.28. The standard InChI is InChI=1S/C12H18FNO/c1-3-12(2,9-15)8-14-11-7-5-4-6-10(11)13/h4-7,14-15H,3,8-9H2,1-2H3. The molecule has 0 aliphatic carbocycles. The van der Waals surface area contributed by atoms with Gasteiger partial charge < -0.3 is 10.4 Å². The van der Waals surface area contributed by atoms with Gasteiger partial charge in [-0.3, -0.25) is 0 Å². The summed E-state index contributed by atoms with van der Waals surface area (Å²) in [5, 5.41) is 12.2. The Bertz CT molecular complexity index is 310. The van der Waals surface area contributed by atoms with Gasteiger partial charge >= 0.3 is 0 Å². The summed E-state index contributed by atoms with van der Waals surface area (Å²) in [6.07, 6.45) is 0.852. The summed E-state index contributed by atoms with van der Waals surface area (Å²) in [6, 6.07) is 6.56. The van der Waals surface area contributed by atoms with Crippen molar-refractivity contribution in [3.05, 3.63) is 30.1 Å². The largest absolute Gasteiger partial charge is 0.396 e. The topological polar surface area (TPSA) is 32.3 Å².